The minimum absolute atomic E-state index is 0.0335. The molecule has 1 N–H and O–H groups in total. The number of carboxylic acid groups (broad SMARTS) is 1. The number of carbonyl (C=O) groups is 1. The normalized spacial score (nSPS) is 19.1. The van der Waals surface area contributed by atoms with E-state index < -0.39 is 5.97 Å². The molecule has 1 fully saturated rings. The predicted octanol–water partition coefficient (Wildman–Crippen LogP) is 2.34. The number of nitro benzene ring substituents is 1. The number of carboxylic acids is 1. The molecule has 0 spiro atoms. The summed E-state index contributed by atoms with van der Waals surface area (Å²) in [6.45, 7) is 3.17. The summed E-state index contributed by atoms with van der Waals surface area (Å²) in [5, 5.41) is 19.8. The lowest BCUT2D eigenvalue weighted by Gasteiger charge is -2.23. The molecule has 1 saturated heterocycles. The molecule has 1 atom stereocenters. The zero-order valence-corrected chi connectivity index (χ0v) is 11.4. The van der Waals surface area contributed by atoms with Gasteiger partial charge in [-0.05, 0) is 31.9 Å². The second-order valence-corrected chi connectivity index (χ2v) is 5.18. The molecule has 1 aliphatic rings. The summed E-state index contributed by atoms with van der Waals surface area (Å²) in [6.07, 6.45) is 1.99. The van der Waals surface area contributed by atoms with Crippen LogP contribution in [0.5, 0.6) is 0 Å². The van der Waals surface area contributed by atoms with Crippen molar-refractivity contribution in [1.82, 2.24) is 4.90 Å². The molecule has 2 rings (SSSR count). The van der Waals surface area contributed by atoms with Crippen LogP contribution in [0.1, 0.15) is 30.4 Å². The Morgan fingerprint density at radius 2 is 2.30 bits per heavy atom. The largest absolute Gasteiger partial charge is 0.481 e. The maximum atomic E-state index is 10.9. The van der Waals surface area contributed by atoms with Crippen molar-refractivity contribution in [1.29, 1.82) is 0 Å². The van der Waals surface area contributed by atoms with Crippen LogP contribution >= 0.6 is 0 Å². The summed E-state index contributed by atoms with van der Waals surface area (Å²) in [6, 6.07) is 5.09. The Kier molecular flexibility index (Phi) is 4.34. The van der Waals surface area contributed by atoms with Gasteiger partial charge in [0.05, 0.1) is 11.3 Å². The number of rotatable bonds is 5. The number of hydrogen-bond acceptors (Lipinski definition) is 4. The molecule has 1 aromatic carbocycles. The lowest BCUT2D eigenvalue weighted by molar-refractivity contribution is -0.385. The average molecular weight is 278 g/mol. The Hall–Kier alpha value is -1.95. The zero-order valence-electron chi connectivity index (χ0n) is 11.4. The van der Waals surface area contributed by atoms with Crippen LogP contribution in [0.15, 0.2) is 18.2 Å². The molecule has 20 heavy (non-hydrogen) atoms. The van der Waals surface area contributed by atoms with Crippen molar-refractivity contribution in [2.75, 3.05) is 6.54 Å². The third kappa shape index (κ3) is 3.14. The number of nitrogens with zero attached hydrogens (tertiary/aromatic N) is 2. The van der Waals surface area contributed by atoms with E-state index in [0.717, 1.165) is 24.9 Å². The number of aliphatic carboxylic acids is 1. The van der Waals surface area contributed by atoms with Gasteiger partial charge in [0.2, 0.25) is 0 Å². The molecular formula is C14H18N2O4. The van der Waals surface area contributed by atoms with Crippen LogP contribution in [-0.2, 0) is 11.3 Å². The van der Waals surface area contributed by atoms with Gasteiger partial charge in [0.15, 0.2) is 0 Å². The van der Waals surface area contributed by atoms with Crippen LogP contribution in [0, 0.1) is 17.0 Å². The maximum absolute atomic E-state index is 10.9. The number of hydrogen-bond donors (Lipinski definition) is 1. The van der Waals surface area contributed by atoms with Crippen LogP contribution in [0.3, 0.4) is 0 Å². The molecule has 1 aromatic rings. The molecule has 1 aliphatic heterocycles. The first-order valence-corrected chi connectivity index (χ1v) is 6.67. The molecule has 108 valence electrons. The van der Waals surface area contributed by atoms with Crippen molar-refractivity contribution in [2.45, 2.75) is 38.8 Å². The molecule has 1 unspecified atom stereocenters. The second kappa shape index (κ2) is 6.00. The predicted molar refractivity (Wildman–Crippen MR) is 73.5 cm³/mol. The average Bonchev–Trinajstić information content (AvgIpc) is 2.78. The van der Waals surface area contributed by atoms with Crippen LogP contribution in [0.25, 0.3) is 0 Å². The van der Waals surface area contributed by atoms with E-state index in [0.29, 0.717) is 12.1 Å². The van der Waals surface area contributed by atoms with Crippen molar-refractivity contribution in [3.8, 4) is 0 Å². The van der Waals surface area contributed by atoms with Crippen LogP contribution < -0.4 is 0 Å². The monoisotopic (exact) mass is 278 g/mol. The Morgan fingerprint density at radius 3 is 2.95 bits per heavy atom. The van der Waals surface area contributed by atoms with Crippen LogP contribution in [-0.4, -0.2) is 33.5 Å². The van der Waals surface area contributed by atoms with Gasteiger partial charge in [0, 0.05) is 24.2 Å². The standard InChI is InChI=1S/C14H18N2O4/c1-10-11(4-2-6-13(10)16(19)20)9-15-7-3-5-12(15)8-14(17)18/h2,4,6,12H,3,5,7-9H2,1H3,(H,17,18). The van der Waals surface area contributed by atoms with E-state index in [1.54, 1.807) is 13.0 Å². The van der Waals surface area contributed by atoms with Gasteiger partial charge < -0.3 is 5.11 Å². The van der Waals surface area contributed by atoms with Gasteiger partial charge in [-0.15, -0.1) is 0 Å². The van der Waals surface area contributed by atoms with Crippen molar-refractivity contribution < 1.29 is 14.8 Å². The second-order valence-electron chi connectivity index (χ2n) is 5.18. The van der Waals surface area contributed by atoms with Crippen molar-refractivity contribution in [3.63, 3.8) is 0 Å². The summed E-state index contributed by atoms with van der Waals surface area (Å²) < 4.78 is 0. The molecule has 1 heterocycles. The first-order chi connectivity index (χ1) is 9.49. The van der Waals surface area contributed by atoms with Crippen molar-refractivity contribution in [3.05, 3.63) is 39.4 Å². The fourth-order valence-electron chi connectivity index (χ4n) is 2.79. The Balaban J connectivity index is 2.15. The first-order valence-electron chi connectivity index (χ1n) is 6.67. The molecule has 6 nitrogen and oxygen atoms in total. The summed E-state index contributed by atoms with van der Waals surface area (Å²) in [4.78, 5) is 23.5. The topological polar surface area (TPSA) is 83.7 Å². The van der Waals surface area contributed by atoms with E-state index in [1.165, 1.54) is 6.07 Å². The molecule has 0 saturated carbocycles. The van der Waals surface area contributed by atoms with Crippen LogP contribution in [0.2, 0.25) is 0 Å². The van der Waals surface area contributed by atoms with Crippen molar-refractivity contribution in [2.24, 2.45) is 0 Å². The number of likely N-dealkylation sites (tertiary alicyclic amines) is 1. The molecular weight excluding hydrogens is 260 g/mol. The molecule has 0 amide bonds. The van der Waals surface area contributed by atoms with Gasteiger partial charge >= 0.3 is 5.97 Å². The van der Waals surface area contributed by atoms with Crippen molar-refractivity contribution >= 4 is 11.7 Å². The Morgan fingerprint density at radius 1 is 1.55 bits per heavy atom. The quantitative estimate of drug-likeness (QED) is 0.660. The van der Waals surface area contributed by atoms with Gasteiger partial charge in [-0.2, -0.15) is 0 Å². The first kappa shape index (κ1) is 14.5. The number of benzene rings is 1. The molecule has 0 radical (unpaired) electrons. The molecule has 0 aliphatic carbocycles. The van der Waals surface area contributed by atoms with E-state index in [2.05, 4.69) is 4.90 Å². The highest BCUT2D eigenvalue weighted by atomic mass is 16.6. The molecule has 6 heteroatoms. The minimum Gasteiger partial charge on any atom is -0.481 e. The SMILES string of the molecule is Cc1c(CN2CCCC2CC(=O)O)cccc1[N+](=O)[O-]. The highest BCUT2D eigenvalue weighted by molar-refractivity contribution is 5.67. The fourth-order valence-corrected chi connectivity index (χ4v) is 2.79. The van der Waals surface area contributed by atoms with Gasteiger partial charge in [0.25, 0.3) is 5.69 Å². The van der Waals surface area contributed by atoms with Gasteiger partial charge in [0.1, 0.15) is 0 Å². The van der Waals surface area contributed by atoms with Gasteiger partial charge in [-0.1, -0.05) is 12.1 Å². The fraction of sp³-hybridized carbons (Fsp3) is 0.500. The highest BCUT2D eigenvalue weighted by Gasteiger charge is 2.27. The highest BCUT2D eigenvalue weighted by Crippen LogP contribution is 2.26. The Labute approximate surface area is 117 Å². The maximum Gasteiger partial charge on any atom is 0.304 e. The Bertz CT molecular complexity index is 530. The summed E-state index contributed by atoms with van der Waals surface area (Å²) >= 11 is 0. The van der Waals surface area contributed by atoms with E-state index in [4.69, 9.17) is 5.11 Å². The number of nitro groups is 1. The molecule has 0 aromatic heterocycles. The smallest absolute Gasteiger partial charge is 0.304 e. The lowest BCUT2D eigenvalue weighted by atomic mass is 10.1. The minimum atomic E-state index is -0.794. The summed E-state index contributed by atoms with van der Waals surface area (Å²) in [7, 11) is 0. The summed E-state index contributed by atoms with van der Waals surface area (Å²) in [5.41, 5.74) is 1.69. The van der Waals surface area contributed by atoms with Gasteiger partial charge in [-0.25, -0.2) is 0 Å². The van der Waals surface area contributed by atoms with Gasteiger partial charge in [-0.3, -0.25) is 19.8 Å². The summed E-state index contributed by atoms with van der Waals surface area (Å²) in [5.74, 6) is -0.794. The van der Waals surface area contributed by atoms with E-state index >= 15 is 0 Å². The lowest BCUT2D eigenvalue weighted by Crippen LogP contribution is -2.31. The molecule has 0 bridgehead atoms. The zero-order chi connectivity index (χ0) is 14.7. The van der Waals surface area contributed by atoms with E-state index in [9.17, 15) is 14.9 Å². The van der Waals surface area contributed by atoms with Crippen LogP contribution in [0.4, 0.5) is 5.69 Å². The van der Waals surface area contributed by atoms with E-state index in [1.807, 2.05) is 6.07 Å². The third-order valence-corrected chi connectivity index (χ3v) is 3.90. The third-order valence-electron chi connectivity index (χ3n) is 3.90. The van der Waals surface area contributed by atoms with E-state index in [-0.39, 0.29) is 23.1 Å².